The molecule has 5 heteroatoms. The van der Waals surface area contributed by atoms with E-state index < -0.39 is 6.09 Å². The van der Waals surface area contributed by atoms with Gasteiger partial charge in [0.2, 0.25) is 0 Å². The molecule has 1 fully saturated rings. The van der Waals surface area contributed by atoms with Crippen molar-refractivity contribution in [2.24, 2.45) is 0 Å². The molecule has 0 aliphatic carbocycles. The number of nitrogen functional groups attached to an aromatic ring is 1. The van der Waals surface area contributed by atoms with Gasteiger partial charge in [-0.1, -0.05) is 6.07 Å². The van der Waals surface area contributed by atoms with E-state index in [-0.39, 0.29) is 16.1 Å². The minimum absolute atomic E-state index is 0.0512. The minimum atomic E-state index is -0.715. The Bertz CT molecular complexity index is 594. The molecule has 1 saturated heterocycles. The Morgan fingerprint density at radius 3 is 2.57 bits per heavy atom. The quantitative estimate of drug-likeness (QED) is 0.649. The van der Waals surface area contributed by atoms with E-state index in [1.165, 1.54) is 11.1 Å². The summed E-state index contributed by atoms with van der Waals surface area (Å²) in [4.78, 5) is 14.4. The Kier molecular flexibility index (Phi) is 4.74. The van der Waals surface area contributed by atoms with Gasteiger partial charge in [0.15, 0.2) is 0 Å². The summed E-state index contributed by atoms with van der Waals surface area (Å²) in [5.41, 5.74) is 8.75. The van der Waals surface area contributed by atoms with E-state index >= 15 is 0 Å². The summed E-state index contributed by atoms with van der Waals surface area (Å²) >= 11 is 0. The summed E-state index contributed by atoms with van der Waals surface area (Å²) in [5.74, 6) is 0. The van der Waals surface area contributed by atoms with Gasteiger partial charge in [-0.3, -0.25) is 4.90 Å². The van der Waals surface area contributed by atoms with Crippen LogP contribution in [0.25, 0.3) is 0 Å². The van der Waals surface area contributed by atoms with Crippen LogP contribution in [0.5, 0.6) is 0 Å². The lowest BCUT2D eigenvalue weighted by Crippen LogP contribution is -2.73. The molecule has 1 amide bonds. The van der Waals surface area contributed by atoms with Gasteiger partial charge < -0.3 is 10.8 Å². The van der Waals surface area contributed by atoms with Crippen LogP contribution in [-0.2, 0) is 6.54 Å². The molecule has 1 aliphatic heterocycles. The molecule has 0 saturated carbocycles. The zero-order chi connectivity index (χ0) is 17.4. The average molecular weight is 320 g/mol. The number of quaternary nitrogens is 1. The fraction of sp³-hybridized carbons (Fsp3) is 0.611. The van der Waals surface area contributed by atoms with Gasteiger partial charge in [0, 0.05) is 18.8 Å². The van der Waals surface area contributed by atoms with Crippen LogP contribution in [0.2, 0.25) is 0 Å². The van der Waals surface area contributed by atoms with Gasteiger partial charge >= 0.3 is 6.09 Å². The molecule has 1 heterocycles. The smallest absolute Gasteiger partial charge is 0.435 e. The van der Waals surface area contributed by atoms with Gasteiger partial charge in [0.05, 0.1) is 6.54 Å². The highest BCUT2D eigenvalue weighted by Gasteiger charge is 2.54. The lowest BCUT2D eigenvalue weighted by Gasteiger charge is -2.52. The Morgan fingerprint density at radius 1 is 1.43 bits per heavy atom. The molecular formula is C18H30N3O2+. The van der Waals surface area contributed by atoms with Crippen molar-refractivity contribution in [3.63, 3.8) is 0 Å². The maximum atomic E-state index is 12.0. The zero-order valence-corrected chi connectivity index (χ0v) is 15.0. The average Bonchev–Trinajstić information content (AvgIpc) is 2.40. The Balaban J connectivity index is 2.16. The summed E-state index contributed by atoms with van der Waals surface area (Å²) in [7, 11) is 0. The van der Waals surface area contributed by atoms with Crippen molar-refractivity contribution >= 4 is 11.8 Å². The predicted octanol–water partition coefficient (Wildman–Crippen LogP) is 3.07. The molecular weight excluding hydrogens is 290 g/mol. The number of nitrogens with zero attached hydrogens (tertiary/aromatic N) is 2. The van der Waals surface area contributed by atoms with Crippen molar-refractivity contribution < 1.29 is 14.4 Å². The van der Waals surface area contributed by atoms with Gasteiger partial charge in [-0.05, 0) is 57.9 Å². The number of aryl methyl sites for hydroxylation is 1. The topological polar surface area (TPSA) is 66.6 Å². The van der Waals surface area contributed by atoms with Crippen molar-refractivity contribution in [3.05, 3.63) is 29.3 Å². The lowest BCUT2D eigenvalue weighted by molar-refractivity contribution is -0.929. The maximum absolute atomic E-state index is 12.0. The third-order valence-corrected chi connectivity index (χ3v) is 5.34. The van der Waals surface area contributed by atoms with Crippen LogP contribution >= 0.6 is 0 Å². The van der Waals surface area contributed by atoms with Crippen molar-refractivity contribution in [1.29, 1.82) is 0 Å². The highest BCUT2D eigenvalue weighted by Crippen LogP contribution is 2.32. The first-order valence-corrected chi connectivity index (χ1v) is 8.26. The second-order valence-corrected chi connectivity index (χ2v) is 7.82. The second kappa shape index (κ2) is 6.13. The van der Waals surface area contributed by atoms with E-state index in [9.17, 15) is 9.90 Å². The van der Waals surface area contributed by atoms with Crippen LogP contribution < -0.4 is 5.73 Å². The van der Waals surface area contributed by atoms with E-state index in [1.54, 1.807) is 0 Å². The number of nitrogens with two attached hydrogens (primary N) is 1. The number of carbonyl (C=O) groups is 1. The molecule has 0 aromatic heterocycles. The lowest BCUT2D eigenvalue weighted by atomic mass is 9.95. The predicted molar refractivity (Wildman–Crippen MR) is 93.2 cm³/mol. The largest absolute Gasteiger partial charge is 0.514 e. The number of amides is 1. The molecule has 0 bridgehead atoms. The number of benzene rings is 1. The van der Waals surface area contributed by atoms with Crippen molar-refractivity contribution in [1.82, 2.24) is 4.90 Å². The molecule has 1 unspecified atom stereocenters. The summed E-state index contributed by atoms with van der Waals surface area (Å²) in [6.07, 6.45) is -0.715. The highest BCUT2D eigenvalue weighted by molar-refractivity contribution is 5.58. The molecule has 128 valence electrons. The van der Waals surface area contributed by atoms with Gasteiger partial charge in [-0.25, -0.2) is 4.48 Å². The van der Waals surface area contributed by atoms with Crippen molar-refractivity contribution in [3.8, 4) is 0 Å². The number of piperazine rings is 1. The summed E-state index contributed by atoms with van der Waals surface area (Å²) in [6, 6.07) is 6.06. The highest BCUT2D eigenvalue weighted by atomic mass is 16.4. The first-order valence-electron chi connectivity index (χ1n) is 8.26. The monoisotopic (exact) mass is 320 g/mol. The molecule has 2 rings (SSSR count). The Morgan fingerprint density at radius 2 is 2.09 bits per heavy atom. The van der Waals surface area contributed by atoms with Crippen LogP contribution in [0, 0.1) is 6.92 Å². The first-order chi connectivity index (χ1) is 10.6. The van der Waals surface area contributed by atoms with E-state index in [2.05, 4.69) is 24.8 Å². The fourth-order valence-corrected chi connectivity index (χ4v) is 3.97. The maximum Gasteiger partial charge on any atom is 0.514 e. The Hall–Kier alpha value is -1.59. The summed E-state index contributed by atoms with van der Waals surface area (Å²) < 4.78 is 0.129. The van der Waals surface area contributed by atoms with Gasteiger partial charge in [-0.2, -0.15) is 4.79 Å². The van der Waals surface area contributed by atoms with E-state index in [0.29, 0.717) is 6.54 Å². The van der Waals surface area contributed by atoms with Gasteiger partial charge in [0.25, 0.3) is 0 Å². The summed E-state index contributed by atoms with van der Waals surface area (Å²) in [5, 5.41) is 9.89. The van der Waals surface area contributed by atoms with Crippen molar-refractivity contribution in [2.45, 2.75) is 52.7 Å². The van der Waals surface area contributed by atoms with Crippen molar-refractivity contribution in [2.75, 3.05) is 25.4 Å². The summed E-state index contributed by atoms with van der Waals surface area (Å²) in [6.45, 7) is 13.3. The van der Waals surface area contributed by atoms with E-state index in [0.717, 1.165) is 25.3 Å². The second-order valence-electron chi connectivity index (χ2n) is 7.82. The molecule has 23 heavy (non-hydrogen) atoms. The van der Waals surface area contributed by atoms with Gasteiger partial charge in [-0.15, -0.1) is 0 Å². The van der Waals surface area contributed by atoms with Crippen LogP contribution in [0.15, 0.2) is 18.2 Å². The first kappa shape index (κ1) is 17.8. The zero-order valence-electron chi connectivity index (χ0n) is 15.0. The molecule has 2 atom stereocenters. The number of hydrogen-bond acceptors (Lipinski definition) is 3. The third-order valence-electron chi connectivity index (χ3n) is 5.34. The number of rotatable bonds is 2. The number of anilines is 1. The molecule has 5 nitrogen and oxygen atoms in total. The molecule has 3 N–H and O–H groups in total. The SMILES string of the molecule is Cc1cc(N)ccc1CN1CC[N+](C(=O)O)(C(C)(C)C)[C@@H](C)C1. The fourth-order valence-electron chi connectivity index (χ4n) is 3.97. The van der Waals surface area contributed by atoms with Gasteiger partial charge in [0.1, 0.15) is 18.1 Å². The molecule has 1 aliphatic rings. The number of carboxylic acid groups (broad SMARTS) is 1. The normalized spacial score (nSPS) is 26.2. The van der Waals surface area contributed by atoms with Crippen LogP contribution in [0.3, 0.4) is 0 Å². The van der Waals surface area contributed by atoms with Crippen LogP contribution in [-0.4, -0.2) is 51.8 Å². The van der Waals surface area contributed by atoms with E-state index in [1.807, 2.05) is 32.9 Å². The Labute approximate surface area is 139 Å². The molecule has 0 spiro atoms. The molecule has 1 aromatic rings. The van der Waals surface area contributed by atoms with Crippen LogP contribution in [0.4, 0.5) is 10.5 Å². The van der Waals surface area contributed by atoms with Crippen LogP contribution in [0.1, 0.15) is 38.8 Å². The minimum Gasteiger partial charge on any atom is -0.435 e. The molecule has 1 aromatic carbocycles. The third kappa shape index (κ3) is 3.21. The van der Waals surface area contributed by atoms with E-state index in [4.69, 9.17) is 5.73 Å². The standard InChI is InChI=1S/C18H29N3O2/c1-13-10-16(19)7-6-15(13)12-20-8-9-21(17(22)23,14(2)11-20)18(3,4)5/h6-7,10,14H,8-9,11-12,19H2,1-5H3/p+1/t14-,21?/m0/s1. The molecule has 0 radical (unpaired) electrons. The number of hydrogen-bond donors (Lipinski definition) is 2.